The van der Waals surface area contributed by atoms with Crippen LogP contribution < -0.4 is 20.4 Å². The number of amides is 4. The molecule has 0 aliphatic carbocycles. The van der Waals surface area contributed by atoms with Crippen LogP contribution in [0.5, 0.6) is 0 Å². The van der Waals surface area contributed by atoms with Crippen LogP contribution in [-0.2, 0) is 25.7 Å². The van der Waals surface area contributed by atoms with Crippen LogP contribution in [0.15, 0.2) is 90.6 Å². The molecule has 4 amide bonds. The number of anilines is 2. The maximum atomic E-state index is 14.2. The van der Waals surface area contributed by atoms with Gasteiger partial charge in [0.1, 0.15) is 35.2 Å². The van der Waals surface area contributed by atoms with E-state index in [1.807, 2.05) is 93.9 Å². The van der Waals surface area contributed by atoms with Gasteiger partial charge < -0.3 is 35.3 Å². The van der Waals surface area contributed by atoms with Crippen molar-refractivity contribution in [2.75, 3.05) is 49.1 Å². The first-order valence-electron chi connectivity index (χ1n) is 23.6. The number of aromatic nitrogens is 5. The molecule has 0 spiro atoms. The summed E-state index contributed by atoms with van der Waals surface area (Å²) in [5.74, 6) is -0.176. The number of hydrogen-bond donors (Lipinski definition) is 3. The molecule has 3 aliphatic rings. The van der Waals surface area contributed by atoms with Crippen molar-refractivity contribution in [3.8, 4) is 21.8 Å². The van der Waals surface area contributed by atoms with Crippen molar-refractivity contribution in [1.82, 2.24) is 45.0 Å². The van der Waals surface area contributed by atoms with Gasteiger partial charge in [-0.25, -0.2) is 23.9 Å². The third-order valence-electron chi connectivity index (χ3n) is 13.4. The number of carbonyl (C=O) groups excluding carboxylic acids is 4. The zero-order valence-electron chi connectivity index (χ0n) is 39.3. The van der Waals surface area contributed by atoms with Gasteiger partial charge in [-0.15, -0.1) is 16.4 Å². The van der Waals surface area contributed by atoms with Gasteiger partial charge in [0.15, 0.2) is 5.65 Å². The number of halogens is 1. The van der Waals surface area contributed by atoms with Gasteiger partial charge in [0.05, 0.1) is 40.1 Å². The summed E-state index contributed by atoms with van der Waals surface area (Å²) in [6, 6.07) is 22.4. The van der Waals surface area contributed by atoms with E-state index in [4.69, 9.17) is 10.1 Å². The summed E-state index contributed by atoms with van der Waals surface area (Å²) in [6.45, 7) is 10.4. The summed E-state index contributed by atoms with van der Waals surface area (Å²) in [5.41, 5.74) is 7.00. The van der Waals surface area contributed by atoms with Gasteiger partial charge >= 0.3 is 0 Å². The lowest BCUT2D eigenvalue weighted by Gasteiger charge is -2.36. The summed E-state index contributed by atoms with van der Waals surface area (Å²) in [6.07, 6.45) is 2.67. The molecule has 3 fully saturated rings. The minimum atomic E-state index is -1.00. The molecule has 6 aromatic rings. The Morgan fingerprint density at radius 1 is 0.913 bits per heavy atom. The second kappa shape index (κ2) is 20.0. The van der Waals surface area contributed by atoms with Gasteiger partial charge in [-0.2, -0.15) is 0 Å². The van der Waals surface area contributed by atoms with E-state index in [1.165, 1.54) is 11.0 Å². The average Bonchev–Trinajstić information content (AvgIpc) is 4.18. The summed E-state index contributed by atoms with van der Waals surface area (Å²) >= 11 is 1.57. The lowest BCUT2D eigenvalue weighted by atomic mass is 9.85. The zero-order valence-corrected chi connectivity index (χ0v) is 40.2. The number of piperazine rings is 1. The summed E-state index contributed by atoms with van der Waals surface area (Å²) in [7, 11) is 0. The molecule has 2 aromatic carbocycles. The second-order valence-electron chi connectivity index (χ2n) is 19.2. The molecule has 18 heteroatoms. The average molecular weight is 956 g/mol. The highest BCUT2D eigenvalue weighted by Crippen LogP contribution is 2.36. The summed E-state index contributed by atoms with van der Waals surface area (Å²) in [4.78, 5) is 77.1. The first-order valence-corrected chi connectivity index (χ1v) is 24.5. The molecular formula is C51H58FN11O5S. The van der Waals surface area contributed by atoms with E-state index >= 15 is 0 Å². The van der Waals surface area contributed by atoms with Crippen LogP contribution in [0.4, 0.5) is 16.0 Å². The quantitative estimate of drug-likeness (QED) is 0.125. The Labute approximate surface area is 404 Å². The first-order chi connectivity index (χ1) is 33.2. The van der Waals surface area contributed by atoms with Crippen molar-refractivity contribution in [2.24, 2.45) is 5.41 Å². The highest BCUT2D eigenvalue weighted by Gasteiger charge is 2.44. The summed E-state index contributed by atoms with van der Waals surface area (Å²) < 4.78 is 16.0. The van der Waals surface area contributed by atoms with Gasteiger partial charge in [-0.1, -0.05) is 63.2 Å². The van der Waals surface area contributed by atoms with E-state index in [0.717, 1.165) is 64.0 Å². The molecule has 0 unspecified atom stereocenters. The van der Waals surface area contributed by atoms with Crippen LogP contribution in [0.2, 0.25) is 0 Å². The largest absolute Gasteiger partial charge is 0.391 e. The predicted octanol–water partition coefficient (Wildman–Crippen LogP) is 5.94. The fourth-order valence-electron chi connectivity index (χ4n) is 9.61. The number of benzene rings is 2. The molecule has 16 nitrogen and oxygen atoms in total. The SMILES string of the molecule is Cc1ncsc1-c1ccc(CNC(=O)[C@@H]2C[C@@H](O)CN2C(=O)[C@@H](NC(=O)CCC(=O)N2CCN(c3cccc(-c4cnc5ccc(N6CCC[C@@H]6c6cccc(F)c6)nn45)n3)CC2)C(C)(C)C)cc1. The number of aryl methyl sites for hydroxylation is 1. The number of pyridine rings is 1. The standard InChI is InChI=1S/C51H58FN11O5S/c1-32-47(69-31-55-32)34-15-13-33(14-16-34)28-54-49(67)40-27-37(64)30-62(40)50(68)48(51(2,3)4)57-45(65)19-20-46(66)60-24-22-59(23-25-60)43-12-6-10-38(56-43)41-29-53-42-17-18-44(58-63(41)42)61-21-7-11-39(61)35-8-5-9-36(52)26-35/h5-6,8-10,12-18,26,29,31,37,39-40,48,64H,7,11,19-25,27-28,30H2,1-4H3,(H,54,67)(H,57,65)/t37-,39-,40+,48-/m1/s1. The van der Waals surface area contributed by atoms with E-state index in [9.17, 15) is 28.7 Å². The maximum absolute atomic E-state index is 14.2. The Hall–Kier alpha value is -6.79. The van der Waals surface area contributed by atoms with E-state index in [2.05, 4.69) is 30.4 Å². The number of hydrogen-bond acceptors (Lipinski definition) is 12. The number of carbonyl (C=O) groups is 4. The monoisotopic (exact) mass is 955 g/mol. The molecule has 3 saturated heterocycles. The van der Waals surface area contributed by atoms with Gasteiger partial charge in [0.25, 0.3) is 0 Å². The Morgan fingerprint density at radius 3 is 2.43 bits per heavy atom. The fraction of sp³-hybridized carbons (Fsp3) is 0.412. The molecule has 4 atom stereocenters. The van der Waals surface area contributed by atoms with Crippen molar-refractivity contribution in [1.29, 1.82) is 0 Å². The minimum absolute atomic E-state index is 0.0202. The number of nitrogens with one attached hydrogen (secondary N) is 2. The van der Waals surface area contributed by atoms with Crippen LogP contribution in [-0.4, -0.2) is 121 Å². The van der Waals surface area contributed by atoms with Crippen LogP contribution in [0, 0.1) is 18.2 Å². The number of likely N-dealkylation sites (tertiary alicyclic amines) is 1. The van der Waals surface area contributed by atoms with Crippen LogP contribution >= 0.6 is 11.3 Å². The van der Waals surface area contributed by atoms with Crippen molar-refractivity contribution in [2.45, 2.75) is 90.6 Å². The number of rotatable bonds is 13. The first kappa shape index (κ1) is 47.3. The molecule has 69 heavy (non-hydrogen) atoms. The molecule has 4 aromatic heterocycles. The van der Waals surface area contributed by atoms with Gasteiger partial charge in [-0.3, -0.25) is 19.2 Å². The molecule has 0 saturated carbocycles. The highest BCUT2D eigenvalue weighted by molar-refractivity contribution is 7.13. The fourth-order valence-corrected chi connectivity index (χ4v) is 10.4. The molecule has 3 aliphatic heterocycles. The number of thiazole rings is 1. The van der Waals surface area contributed by atoms with Gasteiger partial charge in [0, 0.05) is 65.1 Å². The van der Waals surface area contributed by atoms with Crippen molar-refractivity contribution >= 4 is 52.2 Å². The Balaban J connectivity index is 0.772. The second-order valence-corrected chi connectivity index (χ2v) is 20.1. The van der Waals surface area contributed by atoms with Crippen molar-refractivity contribution in [3.63, 3.8) is 0 Å². The van der Waals surface area contributed by atoms with Gasteiger partial charge in [-0.05, 0) is 78.3 Å². The Kier molecular flexibility index (Phi) is 13.7. The van der Waals surface area contributed by atoms with Crippen LogP contribution in [0.25, 0.3) is 27.5 Å². The van der Waals surface area contributed by atoms with Crippen LogP contribution in [0.3, 0.4) is 0 Å². The lowest BCUT2D eigenvalue weighted by molar-refractivity contribution is -0.144. The van der Waals surface area contributed by atoms with E-state index < -0.39 is 35.4 Å². The van der Waals surface area contributed by atoms with Crippen molar-refractivity contribution < 1.29 is 28.7 Å². The smallest absolute Gasteiger partial charge is 0.246 e. The molecule has 9 rings (SSSR count). The van der Waals surface area contributed by atoms with E-state index in [0.29, 0.717) is 37.5 Å². The number of fused-ring (bicyclic) bond motifs is 1. The molecule has 0 radical (unpaired) electrons. The number of β-amino-alcohol motifs (C(OH)–C–C–N with tert-alkyl or cyclic N) is 1. The maximum Gasteiger partial charge on any atom is 0.246 e. The molecule has 0 bridgehead atoms. The number of aliphatic hydroxyl groups is 1. The Bertz CT molecular complexity index is 2840. The molecular weight excluding hydrogens is 898 g/mol. The van der Waals surface area contributed by atoms with Crippen LogP contribution in [0.1, 0.15) is 75.7 Å². The lowest BCUT2D eigenvalue weighted by Crippen LogP contribution is -2.57. The third kappa shape index (κ3) is 10.5. The topological polar surface area (TPSA) is 182 Å². The molecule has 3 N–H and O–H groups in total. The third-order valence-corrected chi connectivity index (χ3v) is 14.3. The number of aliphatic hydroxyl groups excluding tert-OH is 1. The van der Waals surface area contributed by atoms with Crippen molar-refractivity contribution in [3.05, 3.63) is 113 Å². The minimum Gasteiger partial charge on any atom is -0.391 e. The normalized spacial score (nSPS) is 19.0. The predicted molar refractivity (Wildman–Crippen MR) is 262 cm³/mol. The highest BCUT2D eigenvalue weighted by atomic mass is 32.1. The number of imidazole rings is 1. The number of nitrogens with zero attached hydrogens (tertiary/aromatic N) is 9. The zero-order chi connectivity index (χ0) is 48.4. The molecule has 360 valence electrons. The van der Waals surface area contributed by atoms with E-state index in [-0.39, 0.29) is 56.0 Å². The molecule has 7 heterocycles. The van der Waals surface area contributed by atoms with Gasteiger partial charge in [0.2, 0.25) is 23.6 Å². The van der Waals surface area contributed by atoms with E-state index in [1.54, 1.807) is 39.1 Å². The Morgan fingerprint density at radius 2 is 1.70 bits per heavy atom. The summed E-state index contributed by atoms with van der Waals surface area (Å²) in [5, 5.41) is 21.5.